The Morgan fingerprint density at radius 2 is 2.12 bits per heavy atom. The molecule has 1 aromatic carbocycles. The first-order valence-electron chi connectivity index (χ1n) is 10.4. The second kappa shape index (κ2) is 8.62. The van der Waals surface area contributed by atoms with E-state index >= 15 is 0 Å². The van der Waals surface area contributed by atoms with Crippen molar-refractivity contribution in [1.29, 1.82) is 0 Å². The first kappa shape index (κ1) is 21.8. The summed E-state index contributed by atoms with van der Waals surface area (Å²) in [6.45, 7) is 7.50. The number of alkyl carbamates (subject to hydrolysis) is 1. The lowest BCUT2D eigenvalue weighted by Gasteiger charge is -2.34. The zero-order valence-electron chi connectivity index (χ0n) is 18.6. The van der Waals surface area contributed by atoms with E-state index in [1.807, 2.05) is 26.8 Å². The molecule has 1 amide bonds. The topological polar surface area (TPSA) is 119 Å². The Morgan fingerprint density at radius 3 is 2.88 bits per heavy atom. The van der Waals surface area contributed by atoms with Crippen molar-refractivity contribution in [2.75, 3.05) is 38.3 Å². The molecule has 1 saturated heterocycles. The highest BCUT2D eigenvalue weighted by atomic mass is 16.6. The zero-order chi connectivity index (χ0) is 22.9. The Labute approximate surface area is 185 Å². The molecule has 10 heteroatoms. The van der Waals surface area contributed by atoms with Gasteiger partial charge in [-0.3, -0.25) is 0 Å². The normalized spacial score (nSPS) is 16.9. The van der Waals surface area contributed by atoms with Crippen molar-refractivity contribution < 1.29 is 23.8 Å². The number of anilines is 1. The summed E-state index contributed by atoms with van der Waals surface area (Å²) in [7, 11) is 1.35. The second-order valence-electron chi connectivity index (χ2n) is 8.62. The van der Waals surface area contributed by atoms with Gasteiger partial charge in [0.05, 0.1) is 30.8 Å². The Hall–Kier alpha value is -3.40. The number of methoxy groups -OCH3 is 1. The van der Waals surface area contributed by atoms with Crippen molar-refractivity contribution in [2.24, 2.45) is 0 Å². The van der Waals surface area contributed by atoms with Crippen molar-refractivity contribution in [3.05, 3.63) is 30.1 Å². The molecule has 10 nitrogen and oxygen atoms in total. The predicted molar refractivity (Wildman–Crippen MR) is 119 cm³/mol. The summed E-state index contributed by atoms with van der Waals surface area (Å²) in [4.78, 5) is 38.1. The van der Waals surface area contributed by atoms with Crippen LogP contribution in [-0.2, 0) is 14.2 Å². The van der Waals surface area contributed by atoms with Crippen molar-refractivity contribution in [3.8, 4) is 0 Å². The quantitative estimate of drug-likeness (QED) is 0.593. The van der Waals surface area contributed by atoms with Gasteiger partial charge in [-0.2, -0.15) is 0 Å². The maximum Gasteiger partial charge on any atom is 0.407 e. The number of rotatable bonds is 4. The lowest BCUT2D eigenvalue weighted by molar-refractivity contribution is 0.0282. The highest BCUT2D eigenvalue weighted by molar-refractivity contribution is 6.12. The Bertz CT molecular complexity index is 1150. The number of nitrogens with zero attached hydrogens (tertiary/aromatic N) is 3. The van der Waals surface area contributed by atoms with Gasteiger partial charge in [-0.1, -0.05) is 6.07 Å². The van der Waals surface area contributed by atoms with Crippen LogP contribution in [0.25, 0.3) is 21.9 Å². The van der Waals surface area contributed by atoms with Crippen LogP contribution >= 0.6 is 0 Å². The summed E-state index contributed by atoms with van der Waals surface area (Å²) in [6.07, 6.45) is 0.829. The van der Waals surface area contributed by atoms with Crippen LogP contribution < -0.4 is 10.2 Å². The molecule has 0 spiro atoms. The number of morpholine rings is 1. The molecule has 0 bridgehead atoms. The van der Waals surface area contributed by atoms with Crippen LogP contribution in [0, 0.1) is 0 Å². The number of carbonyl (C=O) groups is 2. The number of amides is 1. The summed E-state index contributed by atoms with van der Waals surface area (Å²) >= 11 is 0. The van der Waals surface area contributed by atoms with Gasteiger partial charge in [-0.25, -0.2) is 19.6 Å². The SMILES string of the molecule is COC(=O)c1ccc2c(c1)[nH]c1ncnc(N3CCOC(CNC(=O)OC(C)(C)C)C3)c12. The minimum absolute atomic E-state index is 0.211. The fourth-order valence-electron chi connectivity index (χ4n) is 3.74. The molecule has 2 N–H and O–H groups in total. The summed E-state index contributed by atoms with van der Waals surface area (Å²) < 4.78 is 15.9. The number of H-pyrrole nitrogens is 1. The average Bonchev–Trinajstić information content (AvgIpc) is 3.14. The number of benzene rings is 1. The molecule has 1 aliphatic heterocycles. The molecule has 4 rings (SSSR count). The van der Waals surface area contributed by atoms with E-state index < -0.39 is 17.7 Å². The molecule has 3 heterocycles. The Morgan fingerprint density at radius 1 is 1.31 bits per heavy atom. The summed E-state index contributed by atoms with van der Waals surface area (Å²) in [5.74, 6) is 0.378. The van der Waals surface area contributed by atoms with E-state index in [1.54, 1.807) is 12.1 Å². The van der Waals surface area contributed by atoms with E-state index in [-0.39, 0.29) is 6.10 Å². The second-order valence-corrected chi connectivity index (χ2v) is 8.62. The van der Waals surface area contributed by atoms with Crippen LogP contribution in [-0.4, -0.2) is 72.1 Å². The van der Waals surface area contributed by atoms with Gasteiger partial charge in [-0.05, 0) is 32.9 Å². The lowest BCUT2D eigenvalue weighted by Crippen LogP contribution is -2.48. The van der Waals surface area contributed by atoms with Crippen LogP contribution in [0.2, 0.25) is 0 Å². The average molecular weight is 441 g/mol. The monoisotopic (exact) mass is 441 g/mol. The van der Waals surface area contributed by atoms with Crippen LogP contribution in [0.3, 0.4) is 0 Å². The molecule has 0 radical (unpaired) electrons. The number of nitrogens with one attached hydrogen (secondary N) is 2. The van der Waals surface area contributed by atoms with Gasteiger partial charge in [0.15, 0.2) is 0 Å². The van der Waals surface area contributed by atoms with Crippen molar-refractivity contribution in [3.63, 3.8) is 0 Å². The van der Waals surface area contributed by atoms with Crippen LogP contribution in [0.15, 0.2) is 24.5 Å². The van der Waals surface area contributed by atoms with E-state index in [0.717, 1.165) is 22.1 Å². The van der Waals surface area contributed by atoms with Gasteiger partial charge in [0.1, 0.15) is 23.4 Å². The van der Waals surface area contributed by atoms with Crippen LogP contribution in [0.1, 0.15) is 31.1 Å². The maximum absolute atomic E-state index is 12.0. The number of carbonyl (C=O) groups excluding carboxylic acids is 2. The molecule has 32 heavy (non-hydrogen) atoms. The van der Waals surface area contributed by atoms with Crippen LogP contribution in [0.4, 0.5) is 10.6 Å². The van der Waals surface area contributed by atoms with Gasteiger partial charge in [-0.15, -0.1) is 0 Å². The van der Waals surface area contributed by atoms with Gasteiger partial charge in [0.2, 0.25) is 0 Å². The molecule has 170 valence electrons. The van der Waals surface area contributed by atoms with E-state index in [1.165, 1.54) is 13.4 Å². The van der Waals surface area contributed by atoms with Crippen LogP contribution in [0.5, 0.6) is 0 Å². The number of fused-ring (bicyclic) bond motifs is 3. The molecular weight excluding hydrogens is 414 g/mol. The predicted octanol–water partition coefficient (Wildman–Crippen LogP) is 2.63. The number of hydrogen-bond acceptors (Lipinski definition) is 8. The third kappa shape index (κ3) is 4.59. The first-order valence-corrected chi connectivity index (χ1v) is 10.4. The number of aromatic nitrogens is 3. The van der Waals surface area contributed by atoms with Gasteiger partial charge >= 0.3 is 12.1 Å². The van der Waals surface area contributed by atoms with Gasteiger partial charge in [0, 0.05) is 30.5 Å². The highest BCUT2D eigenvalue weighted by Gasteiger charge is 2.26. The van der Waals surface area contributed by atoms with E-state index in [0.29, 0.717) is 37.5 Å². The van der Waals surface area contributed by atoms with Crippen molar-refractivity contribution in [1.82, 2.24) is 20.3 Å². The van der Waals surface area contributed by atoms with E-state index in [4.69, 9.17) is 14.2 Å². The smallest absolute Gasteiger partial charge is 0.407 e. The van der Waals surface area contributed by atoms with E-state index in [2.05, 4.69) is 25.2 Å². The number of hydrogen-bond donors (Lipinski definition) is 2. The lowest BCUT2D eigenvalue weighted by atomic mass is 10.1. The summed E-state index contributed by atoms with van der Waals surface area (Å²) in [5, 5.41) is 4.56. The number of ether oxygens (including phenoxy) is 3. The third-order valence-corrected chi connectivity index (χ3v) is 5.10. The fraction of sp³-hybridized carbons (Fsp3) is 0.455. The summed E-state index contributed by atoms with van der Waals surface area (Å²) in [5.41, 5.74) is 1.36. The maximum atomic E-state index is 12.0. The van der Waals surface area contributed by atoms with Gasteiger partial charge < -0.3 is 29.4 Å². The van der Waals surface area contributed by atoms with E-state index in [9.17, 15) is 9.59 Å². The fourth-order valence-corrected chi connectivity index (χ4v) is 3.74. The molecule has 1 fully saturated rings. The molecule has 3 aromatic rings. The van der Waals surface area contributed by atoms with Gasteiger partial charge in [0.25, 0.3) is 0 Å². The van der Waals surface area contributed by atoms with Crippen molar-refractivity contribution >= 4 is 39.8 Å². The minimum Gasteiger partial charge on any atom is -0.465 e. The summed E-state index contributed by atoms with van der Waals surface area (Å²) in [6, 6.07) is 5.35. The number of aromatic amines is 1. The molecule has 1 aliphatic rings. The molecule has 0 saturated carbocycles. The highest BCUT2D eigenvalue weighted by Crippen LogP contribution is 2.32. The standard InChI is InChI=1S/C22H27N5O5/c1-22(2,3)32-21(29)23-10-14-11-27(7-8-31-14)19-17-15-6-5-13(20(28)30-4)9-16(15)26-18(17)24-12-25-19/h5-6,9,12,14H,7-8,10-11H2,1-4H3,(H,23,29)(H,24,25,26). The van der Waals surface area contributed by atoms with Crippen molar-refractivity contribution in [2.45, 2.75) is 32.5 Å². The Balaban J connectivity index is 1.56. The molecule has 0 aliphatic carbocycles. The minimum atomic E-state index is -0.556. The number of esters is 1. The molecule has 1 atom stereocenters. The zero-order valence-corrected chi connectivity index (χ0v) is 18.6. The largest absolute Gasteiger partial charge is 0.465 e. The molecular formula is C22H27N5O5. The first-order chi connectivity index (χ1) is 15.2. The Kier molecular flexibility index (Phi) is 5.88. The molecule has 2 aromatic heterocycles. The molecule has 1 unspecified atom stereocenters. The third-order valence-electron chi connectivity index (χ3n) is 5.10.